The van der Waals surface area contributed by atoms with Crippen LogP contribution in [0.3, 0.4) is 0 Å². The van der Waals surface area contributed by atoms with Crippen molar-refractivity contribution in [2.24, 2.45) is 0 Å². The first kappa shape index (κ1) is 14.8. The lowest BCUT2D eigenvalue weighted by atomic mass is 10.3. The molecule has 5 heteroatoms. The fourth-order valence-electron chi connectivity index (χ4n) is 1.83. The highest BCUT2D eigenvalue weighted by molar-refractivity contribution is 7.99. The normalized spacial score (nSPS) is 10.6. The molecule has 0 saturated heterocycles. The smallest absolute Gasteiger partial charge is 0.133 e. The summed E-state index contributed by atoms with van der Waals surface area (Å²) >= 11 is 1.53. The van der Waals surface area contributed by atoms with Gasteiger partial charge in [-0.05, 0) is 37.6 Å². The summed E-state index contributed by atoms with van der Waals surface area (Å²) in [4.78, 5) is 10.1. The number of hydrogen-bond acceptors (Lipinski definition) is 4. The molecule has 0 atom stereocenters. The van der Waals surface area contributed by atoms with E-state index in [1.165, 1.54) is 23.9 Å². The topological polar surface area (TPSA) is 37.8 Å². The molecule has 0 fully saturated rings. The Hall–Kier alpha value is -1.62. The zero-order valence-corrected chi connectivity index (χ0v) is 12.7. The number of nitrogens with one attached hydrogen (secondary N) is 1. The van der Waals surface area contributed by atoms with Crippen LogP contribution in [0.4, 0.5) is 10.2 Å². The molecule has 0 amide bonds. The number of aryl methyl sites for hydroxylation is 1. The third-order valence-electron chi connectivity index (χ3n) is 2.89. The molecule has 0 aliphatic rings. The summed E-state index contributed by atoms with van der Waals surface area (Å²) in [5.74, 6) is 1.47. The Morgan fingerprint density at radius 3 is 2.50 bits per heavy atom. The molecule has 20 heavy (non-hydrogen) atoms. The van der Waals surface area contributed by atoms with Gasteiger partial charge in [0.05, 0.1) is 0 Å². The lowest BCUT2D eigenvalue weighted by Crippen LogP contribution is -2.04. The Labute approximate surface area is 123 Å². The molecule has 106 valence electrons. The van der Waals surface area contributed by atoms with Gasteiger partial charge in [0.1, 0.15) is 22.5 Å². The molecule has 0 bridgehead atoms. The van der Waals surface area contributed by atoms with E-state index in [1.807, 2.05) is 14.0 Å². The molecule has 1 N–H and O–H groups in total. The van der Waals surface area contributed by atoms with Gasteiger partial charge in [-0.1, -0.05) is 18.7 Å². The standard InChI is InChI=1S/C15H18FN3S/c1-4-5-13-18-14(17-3)10(2)15(19-13)20-12-8-6-11(16)7-9-12/h6-9H,4-5H2,1-3H3,(H,17,18,19). The summed E-state index contributed by atoms with van der Waals surface area (Å²) in [5, 5.41) is 4.02. The van der Waals surface area contributed by atoms with Crippen LogP contribution >= 0.6 is 11.8 Å². The molecular formula is C15H18FN3S. The SMILES string of the molecule is CCCc1nc(NC)c(C)c(Sc2ccc(F)cc2)n1. The Morgan fingerprint density at radius 2 is 1.90 bits per heavy atom. The van der Waals surface area contributed by atoms with E-state index >= 15 is 0 Å². The van der Waals surface area contributed by atoms with Crippen molar-refractivity contribution in [3.8, 4) is 0 Å². The Bertz CT molecular complexity index is 584. The second-order valence-corrected chi connectivity index (χ2v) is 5.54. The molecule has 2 aromatic rings. The highest BCUT2D eigenvalue weighted by atomic mass is 32.2. The first-order valence-electron chi connectivity index (χ1n) is 6.62. The first-order valence-corrected chi connectivity index (χ1v) is 7.44. The third kappa shape index (κ3) is 3.48. The van der Waals surface area contributed by atoms with Gasteiger partial charge in [-0.15, -0.1) is 0 Å². The number of nitrogens with zero attached hydrogens (tertiary/aromatic N) is 2. The number of benzene rings is 1. The van der Waals surface area contributed by atoms with E-state index in [0.29, 0.717) is 0 Å². The molecule has 0 unspecified atom stereocenters. The van der Waals surface area contributed by atoms with Crippen LogP contribution in [0.1, 0.15) is 24.7 Å². The van der Waals surface area contributed by atoms with E-state index in [2.05, 4.69) is 22.2 Å². The number of aromatic nitrogens is 2. The predicted octanol–water partition coefficient (Wildman–Crippen LogP) is 4.07. The van der Waals surface area contributed by atoms with Gasteiger partial charge in [0.25, 0.3) is 0 Å². The summed E-state index contributed by atoms with van der Waals surface area (Å²) in [6, 6.07) is 6.45. The van der Waals surface area contributed by atoms with Gasteiger partial charge < -0.3 is 5.32 Å². The van der Waals surface area contributed by atoms with Crippen molar-refractivity contribution in [3.63, 3.8) is 0 Å². The molecule has 2 rings (SSSR count). The Kier molecular flexibility index (Phi) is 4.95. The number of hydrogen-bond donors (Lipinski definition) is 1. The number of rotatable bonds is 5. The molecule has 0 saturated carbocycles. The van der Waals surface area contributed by atoms with Gasteiger partial charge in [0.15, 0.2) is 0 Å². The van der Waals surface area contributed by atoms with Crippen molar-refractivity contribution >= 4 is 17.6 Å². The predicted molar refractivity (Wildman–Crippen MR) is 80.8 cm³/mol. The van der Waals surface area contributed by atoms with Gasteiger partial charge in [0.2, 0.25) is 0 Å². The zero-order chi connectivity index (χ0) is 14.5. The van der Waals surface area contributed by atoms with Gasteiger partial charge >= 0.3 is 0 Å². The summed E-state index contributed by atoms with van der Waals surface area (Å²) in [6.07, 6.45) is 1.86. The van der Waals surface area contributed by atoms with Crippen molar-refractivity contribution < 1.29 is 4.39 Å². The van der Waals surface area contributed by atoms with Crippen molar-refractivity contribution in [1.29, 1.82) is 0 Å². The van der Waals surface area contributed by atoms with Crippen LogP contribution in [0.5, 0.6) is 0 Å². The average molecular weight is 291 g/mol. The largest absolute Gasteiger partial charge is 0.373 e. The molecule has 1 aromatic heterocycles. The minimum atomic E-state index is -0.226. The van der Waals surface area contributed by atoms with E-state index < -0.39 is 0 Å². The Morgan fingerprint density at radius 1 is 1.20 bits per heavy atom. The summed E-state index contributed by atoms with van der Waals surface area (Å²) < 4.78 is 12.9. The molecule has 0 aliphatic carbocycles. The van der Waals surface area contributed by atoms with Gasteiger partial charge in [-0.2, -0.15) is 0 Å². The summed E-state index contributed by atoms with van der Waals surface area (Å²) in [5.41, 5.74) is 1.02. The first-order chi connectivity index (χ1) is 9.63. The van der Waals surface area contributed by atoms with E-state index in [-0.39, 0.29) is 5.82 Å². The second-order valence-electron chi connectivity index (χ2n) is 4.47. The fourth-order valence-corrected chi connectivity index (χ4v) is 2.73. The molecule has 0 aliphatic heterocycles. The van der Waals surface area contributed by atoms with Crippen LogP contribution in [0.25, 0.3) is 0 Å². The van der Waals surface area contributed by atoms with Crippen molar-refractivity contribution in [3.05, 3.63) is 41.5 Å². The van der Waals surface area contributed by atoms with E-state index in [1.54, 1.807) is 12.1 Å². The van der Waals surface area contributed by atoms with Crippen LogP contribution in [-0.4, -0.2) is 17.0 Å². The zero-order valence-electron chi connectivity index (χ0n) is 11.9. The van der Waals surface area contributed by atoms with E-state index in [4.69, 9.17) is 0 Å². The lowest BCUT2D eigenvalue weighted by Gasteiger charge is -2.11. The quantitative estimate of drug-likeness (QED) is 0.843. The molecule has 1 heterocycles. The molecule has 1 aromatic carbocycles. The van der Waals surface area contributed by atoms with Gasteiger partial charge in [-0.3, -0.25) is 0 Å². The van der Waals surface area contributed by atoms with Crippen LogP contribution in [0.15, 0.2) is 34.2 Å². The highest BCUT2D eigenvalue weighted by Gasteiger charge is 2.11. The third-order valence-corrected chi connectivity index (χ3v) is 3.98. The summed E-state index contributed by atoms with van der Waals surface area (Å²) in [6.45, 7) is 4.10. The van der Waals surface area contributed by atoms with Crippen molar-refractivity contribution in [1.82, 2.24) is 9.97 Å². The van der Waals surface area contributed by atoms with Gasteiger partial charge in [0, 0.05) is 23.9 Å². The van der Waals surface area contributed by atoms with Gasteiger partial charge in [-0.25, -0.2) is 14.4 Å². The highest BCUT2D eigenvalue weighted by Crippen LogP contribution is 2.31. The monoisotopic (exact) mass is 291 g/mol. The maximum Gasteiger partial charge on any atom is 0.133 e. The maximum absolute atomic E-state index is 12.9. The van der Waals surface area contributed by atoms with Crippen LogP contribution < -0.4 is 5.32 Å². The van der Waals surface area contributed by atoms with Crippen molar-refractivity contribution in [2.75, 3.05) is 12.4 Å². The minimum absolute atomic E-state index is 0.226. The van der Waals surface area contributed by atoms with Crippen molar-refractivity contribution in [2.45, 2.75) is 36.6 Å². The second kappa shape index (κ2) is 6.70. The van der Waals surface area contributed by atoms with Crippen LogP contribution in [0.2, 0.25) is 0 Å². The minimum Gasteiger partial charge on any atom is -0.373 e. The van der Waals surface area contributed by atoms with E-state index in [0.717, 1.165) is 40.0 Å². The Balaban J connectivity index is 2.33. The fraction of sp³-hybridized carbons (Fsp3) is 0.333. The molecule has 3 nitrogen and oxygen atoms in total. The maximum atomic E-state index is 12.9. The van der Waals surface area contributed by atoms with E-state index in [9.17, 15) is 4.39 Å². The number of anilines is 1. The average Bonchev–Trinajstić information content (AvgIpc) is 2.45. The van der Waals surface area contributed by atoms with Crippen LogP contribution in [-0.2, 0) is 6.42 Å². The van der Waals surface area contributed by atoms with Crippen LogP contribution in [0, 0.1) is 12.7 Å². The lowest BCUT2D eigenvalue weighted by molar-refractivity contribution is 0.626. The summed E-state index contributed by atoms with van der Waals surface area (Å²) in [7, 11) is 1.86. The molecular weight excluding hydrogens is 273 g/mol. The molecule has 0 radical (unpaired) electrons. The number of halogens is 1. The molecule has 0 spiro atoms.